The standard InChI is InChI=1S/C28H32N2O10S2/c1-19-5-9-23(10-6-19)41(35,36)17-25(31)27(33)21(3)15-39-29-13-14-30-40-16-22(4)28(34)26(32)18-42(37,38)24-11-7-20(2)8-12-24/h5-14,21-22H,15-18H2,1-4H3/b29-13+,30-14+. The fourth-order valence-electron chi connectivity index (χ4n) is 3.30. The van der Waals surface area contributed by atoms with Gasteiger partial charge in [-0.15, -0.1) is 0 Å². The monoisotopic (exact) mass is 620 g/mol. The van der Waals surface area contributed by atoms with Gasteiger partial charge in [0, 0.05) is 0 Å². The van der Waals surface area contributed by atoms with Gasteiger partial charge in [0.15, 0.2) is 19.7 Å². The number of benzene rings is 2. The number of sulfone groups is 2. The molecule has 42 heavy (non-hydrogen) atoms. The molecule has 2 aromatic carbocycles. The molecular weight excluding hydrogens is 588 g/mol. The number of nitrogens with zero attached hydrogens (tertiary/aromatic N) is 2. The molecule has 2 atom stereocenters. The van der Waals surface area contributed by atoms with E-state index in [-0.39, 0.29) is 23.0 Å². The third-order valence-corrected chi connectivity index (χ3v) is 9.10. The molecule has 0 aliphatic heterocycles. The van der Waals surface area contributed by atoms with Crippen molar-refractivity contribution in [3.63, 3.8) is 0 Å². The number of aryl methyl sites for hydroxylation is 2. The molecule has 0 saturated heterocycles. The van der Waals surface area contributed by atoms with E-state index in [1.165, 1.54) is 38.1 Å². The number of oxime groups is 2. The summed E-state index contributed by atoms with van der Waals surface area (Å²) in [7, 11) is -7.94. The molecule has 0 amide bonds. The van der Waals surface area contributed by atoms with Crippen molar-refractivity contribution in [2.45, 2.75) is 37.5 Å². The third-order valence-electron chi connectivity index (χ3n) is 5.83. The zero-order chi connectivity index (χ0) is 31.5. The first-order chi connectivity index (χ1) is 19.6. The van der Waals surface area contributed by atoms with Crippen molar-refractivity contribution in [3.8, 4) is 0 Å². The van der Waals surface area contributed by atoms with Gasteiger partial charge in [-0.05, 0) is 38.1 Å². The molecule has 0 heterocycles. The van der Waals surface area contributed by atoms with Crippen LogP contribution in [0.2, 0.25) is 0 Å². The highest BCUT2D eigenvalue weighted by molar-refractivity contribution is 7.92. The summed E-state index contributed by atoms with van der Waals surface area (Å²) >= 11 is 0. The van der Waals surface area contributed by atoms with Gasteiger partial charge in [0.2, 0.25) is 23.1 Å². The van der Waals surface area contributed by atoms with Crippen LogP contribution in [0.4, 0.5) is 0 Å². The van der Waals surface area contributed by atoms with Crippen LogP contribution in [0.5, 0.6) is 0 Å². The maximum Gasteiger partial charge on any atom is 0.214 e. The first-order valence-electron chi connectivity index (χ1n) is 12.7. The van der Waals surface area contributed by atoms with Gasteiger partial charge in [0.05, 0.1) is 34.1 Å². The Morgan fingerprint density at radius 1 is 0.643 bits per heavy atom. The lowest BCUT2D eigenvalue weighted by Crippen LogP contribution is -2.30. The van der Waals surface area contributed by atoms with Gasteiger partial charge in [-0.3, -0.25) is 19.2 Å². The Kier molecular flexibility index (Phi) is 12.4. The van der Waals surface area contributed by atoms with Crippen molar-refractivity contribution in [2.24, 2.45) is 22.1 Å². The van der Waals surface area contributed by atoms with Gasteiger partial charge in [0.25, 0.3) is 0 Å². The molecule has 0 bridgehead atoms. The minimum Gasteiger partial charge on any atom is -0.395 e. The Labute approximate surface area is 244 Å². The maximum absolute atomic E-state index is 12.4. The Hall–Kier alpha value is -4.04. The first kappa shape index (κ1) is 34.2. The summed E-state index contributed by atoms with van der Waals surface area (Å²) in [6.45, 7) is 5.73. The molecule has 0 aliphatic rings. The summed E-state index contributed by atoms with van der Waals surface area (Å²) in [6, 6.07) is 11.8. The Bertz CT molecular complexity index is 1440. The summed E-state index contributed by atoms with van der Waals surface area (Å²) in [4.78, 5) is 58.7. The highest BCUT2D eigenvalue weighted by atomic mass is 32.2. The molecule has 0 spiro atoms. The molecule has 2 unspecified atom stereocenters. The van der Waals surface area contributed by atoms with E-state index in [9.17, 15) is 36.0 Å². The number of hydrogen-bond acceptors (Lipinski definition) is 12. The summed E-state index contributed by atoms with van der Waals surface area (Å²) < 4.78 is 49.5. The molecular formula is C28H32N2O10S2. The predicted molar refractivity (Wildman–Crippen MR) is 154 cm³/mol. The van der Waals surface area contributed by atoms with Crippen molar-refractivity contribution in [2.75, 3.05) is 24.7 Å². The van der Waals surface area contributed by atoms with E-state index in [0.717, 1.165) is 23.6 Å². The number of rotatable bonds is 17. The van der Waals surface area contributed by atoms with Crippen LogP contribution in [0, 0.1) is 25.7 Å². The molecule has 2 aromatic rings. The zero-order valence-electron chi connectivity index (χ0n) is 23.6. The number of carbonyl (C=O) groups excluding carboxylic acids is 4. The average molecular weight is 621 g/mol. The molecule has 0 aromatic heterocycles. The van der Waals surface area contributed by atoms with E-state index in [1.54, 1.807) is 38.1 Å². The second-order valence-corrected chi connectivity index (χ2v) is 13.6. The van der Waals surface area contributed by atoms with Gasteiger partial charge in [-0.25, -0.2) is 16.8 Å². The topological polar surface area (TPSA) is 180 Å². The summed E-state index contributed by atoms with van der Waals surface area (Å²) in [5.74, 6) is -7.81. The van der Waals surface area contributed by atoms with Crippen LogP contribution in [-0.4, -0.2) is 77.1 Å². The zero-order valence-corrected chi connectivity index (χ0v) is 25.2. The minimum atomic E-state index is -3.97. The number of Topliss-reactive ketones (excluding diaryl/α,β-unsaturated/α-hetero) is 4. The van der Waals surface area contributed by atoms with E-state index in [0.29, 0.717) is 0 Å². The van der Waals surface area contributed by atoms with Crippen molar-refractivity contribution in [1.82, 2.24) is 0 Å². The summed E-state index contributed by atoms with van der Waals surface area (Å²) in [5.41, 5.74) is 1.69. The van der Waals surface area contributed by atoms with Gasteiger partial charge >= 0.3 is 0 Å². The second kappa shape index (κ2) is 15.3. The molecule has 0 fully saturated rings. The normalized spacial score (nSPS) is 13.5. The van der Waals surface area contributed by atoms with E-state index in [4.69, 9.17) is 9.68 Å². The van der Waals surface area contributed by atoms with Crippen molar-refractivity contribution in [1.29, 1.82) is 0 Å². The smallest absolute Gasteiger partial charge is 0.214 e. The van der Waals surface area contributed by atoms with E-state index in [1.807, 2.05) is 0 Å². The van der Waals surface area contributed by atoms with Crippen molar-refractivity contribution in [3.05, 3.63) is 59.7 Å². The van der Waals surface area contributed by atoms with Crippen LogP contribution in [-0.2, 0) is 48.5 Å². The molecule has 2 rings (SSSR count). The Morgan fingerprint density at radius 3 is 1.26 bits per heavy atom. The van der Waals surface area contributed by atoms with Crippen molar-refractivity contribution >= 4 is 55.2 Å². The van der Waals surface area contributed by atoms with Crippen LogP contribution < -0.4 is 0 Å². The van der Waals surface area contributed by atoms with Gasteiger partial charge < -0.3 is 9.68 Å². The minimum absolute atomic E-state index is 0.0549. The van der Waals surface area contributed by atoms with E-state index in [2.05, 4.69) is 10.3 Å². The maximum atomic E-state index is 12.4. The summed E-state index contributed by atoms with van der Waals surface area (Å²) in [6.07, 6.45) is 2.10. The van der Waals surface area contributed by atoms with E-state index >= 15 is 0 Å². The lowest BCUT2D eigenvalue weighted by molar-refractivity contribution is -0.138. The predicted octanol–water partition coefficient (Wildman–Crippen LogP) is 2.10. The quantitative estimate of drug-likeness (QED) is 0.144. The Morgan fingerprint density at radius 2 is 0.952 bits per heavy atom. The highest BCUT2D eigenvalue weighted by Gasteiger charge is 2.29. The SMILES string of the molecule is Cc1ccc(S(=O)(=O)CC(=O)C(=O)C(C)CO/N=C/C=N/OCC(C)C(=O)C(=O)CS(=O)(=O)c2ccc(C)cc2)cc1. The molecule has 0 radical (unpaired) electrons. The fraction of sp³-hybridized carbons (Fsp3) is 0.357. The largest absolute Gasteiger partial charge is 0.395 e. The number of ketones is 4. The third kappa shape index (κ3) is 10.4. The van der Waals surface area contributed by atoms with Crippen LogP contribution >= 0.6 is 0 Å². The fourth-order valence-corrected chi connectivity index (χ4v) is 5.71. The highest BCUT2D eigenvalue weighted by Crippen LogP contribution is 2.14. The van der Waals surface area contributed by atoms with Gasteiger partial charge in [0.1, 0.15) is 24.7 Å². The molecule has 0 aliphatic carbocycles. The molecule has 0 N–H and O–H groups in total. The Balaban J connectivity index is 1.73. The summed E-state index contributed by atoms with van der Waals surface area (Å²) in [5, 5.41) is 7.03. The first-order valence-corrected chi connectivity index (χ1v) is 16.0. The van der Waals surface area contributed by atoms with Crippen LogP contribution in [0.15, 0.2) is 68.6 Å². The molecule has 12 nitrogen and oxygen atoms in total. The number of hydrogen-bond donors (Lipinski definition) is 0. The van der Waals surface area contributed by atoms with Crippen LogP contribution in [0.3, 0.4) is 0 Å². The van der Waals surface area contributed by atoms with Crippen LogP contribution in [0.1, 0.15) is 25.0 Å². The van der Waals surface area contributed by atoms with E-state index < -0.39 is 66.1 Å². The molecule has 14 heteroatoms. The van der Waals surface area contributed by atoms with Crippen molar-refractivity contribution < 1.29 is 45.7 Å². The van der Waals surface area contributed by atoms with Gasteiger partial charge in [-0.1, -0.05) is 59.6 Å². The molecule has 0 saturated carbocycles. The average Bonchev–Trinajstić information content (AvgIpc) is 2.93. The lowest BCUT2D eigenvalue weighted by atomic mass is 10.1. The lowest BCUT2D eigenvalue weighted by Gasteiger charge is -2.09. The van der Waals surface area contributed by atoms with Crippen LogP contribution in [0.25, 0.3) is 0 Å². The molecule has 226 valence electrons. The second-order valence-electron chi connectivity index (χ2n) is 9.62. The van der Waals surface area contributed by atoms with Gasteiger partial charge in [-0.2, -0.15) is 0 Å². The number of carbonyl (C=O) groups is 4.